The Kier molecular flexibility index (Phi) is 5.17. The first-order valence-corrected chi connectivity index (χ1v) is 9.76. The van der Waals surface area contributed by atoms with Crippen LogP contribution in [-0.4, -0.2) is 53.0 Å². The summed E-state index contributed by atoms with van der Waals surface area (Å²) in [4.78, 5) is 38.2. The standard InChI is InChI=1S/C22H23N3O5/c23-20(28)17-10-22(13-26)11-18(22)25(17)19(27)12-24-21(29)14-6-8-16(9-7-14)30-15-4-2-1-3-5-15/h1-9,17-18,26H,10-13H2,(H2,23,28)(H,24,29). The summed E-state index contributed by atoms with van der Waals surface area (Å²) in [6, 6.07) is 14.9. The van der Waals surface area contributed by atoms with Gasteiger partial charge in [0.2, 0.25) is 11.8 Å². The lowest BCUT2D eigenvalue weighted by Gasteiger charge is -2.25. The van der Waals surface area contributed by atoms with Crippen molar-refractivity contribution in [3.05, 3.63) is 60.2 Å². The third kappa shape index (κ3) is 3.73. The average Bonchev–Trinajstić information content (AvgIpc) is 3.37. The summed E-state index contributed by atoms with van der Waals surface area (Å²) < 4.78 is 5.69. The smallest absolute Gasteiger partial charge is 0.251 e. The molecule has 4 rings (SSSR count). The number of benzene rings is 2. The summed E-state index contributed by atoms with van der Waals surface area (Å²) >= 11 is 0. The molecule has 8 nitrogen and oxygen atoms in total. The van der Waals surface area contributed by atoms with Gasteiger partial charge in [0.15, 0.2) is 0 Å². The number of para-hydroxylation sites is 1. The number of ether oxygens (including phenoxy) is 1. The Balaban J connectivity index is 1.34. The van der Waals surface area contributed by atoms with Crippen molar-refractivity contribution < 1.29 is 24.2 Å². The van der Waals surface area contributed by atoms with Crippen molar-refractivity contribution in [3.63, 3.8) is 0 Å². The molecular formula is C22H23N3O5. The predicted molar refractivity (Wildman–Crippen MR) is 108 cm³/mol. The van der Waals surface area contributed by atoms with Crippen molar-refractivity contribution in [3.8, 4) is 11.5 Å². The van der Waals surface area contributed by atoms with Crippen LogP contribution < -0.4 is 15.8 Å². The molecule has 2 aromatic carbocycles. The van der Waals surface area contributed by atoms with Gasteiger partial charge in [-0.25, -0.2) is 0 Å². The molecule has 3 amide bonds. The number of nitrogens with two attached hydrogens (primary N) is 1. The van der Waals surface area contributed by atoms with E-state index in [1.165, 1.54) is 4.90 Å². The number of amides is 3. The molecule has 4 N–H and O–H groups in total. The van der Waals surface area contributed by atoms with Crippen LogP contribution in [0, 0.1) is 5.41 Å². The molecule has 156 valence electrons. The number of rotatable bonds is 7. The van der Waals surface area contributed by atoms with Gasteiger partial charge in [-0.3, -0.25) is 14.4 Å². The number of piperidine rings is 1. The normalized spacial score (nSPS) is 24.1. The number of hydrogen-bond donors (Lipinski definition) is 3. The molecule has 1 aliphatic heterocycles. The van der Waals surface area contributed by atoms with Crippen LogP contribution in [0.4, 0.5) is 0 Å². The average molecular weight is 409 g/mol. The van der Waals surface area contributed by atoms with E-state index in [1.807, 2.05) is 30.3 Å². The summed E-state index contributed by atoms with van der Waals surface area (Å²) in [5.41, 5.74) is 5.38. The summed E-state index contributed by atoms with van der Waals surface area (Å²) in [5.74, 6) is -0.107. The Bertz CT molecular complexity index is 962. The Labute approximate surface area is 173 Å². The van der Waals surface area contributed by atoms with E-state index in [0.717, 1.165) is 0 Å². The molecule has 0 spiro atoms. The van der Waals surface area contributed by atoms with Gasteiger partial charge in [0.1, 0.15) is 17.5 Å². The molecule has 3 unspecified atom stereocenters. The van der Waals surface area contributed by atoms with Crippen molar-refractivity contribution in [1.82, 2.24) is 10.2 Å². The fourth-order valence-corrected chi connectivity index (χ4v) is 4.11. The van der Waals surface area contributed by atoms with E-state index >= 15 is 0 Å². The molecule has 30 heavy (non-hydrogen) atoms. The molecule has 0 radical (unpaired) electrons. The Morgan fingerprint density at radius 3 is 2.37 bits per heavy atom. The number of aliphatic hydroxyl groups is 1. The van der Waals surface area contributed by atoms with Crippen LogP contribution in [0.3, 0.4) is 0 Å². The van der Waals surface area contributed by atoms with Crippen LogP contribution in [0.15, 0.2) is 54.6 Å². The van der Waals surface area contributed by atoms with Gasteiger partial charge in [0.25, 0.3) is 5.91 Å². The second kappa shape index (κ2) is 7.79. The number of likely N-dealkylation sites (tertiary alicyclic amines) is 1. The van der Waals surface area contributed by atoms with E-state index in [9.17, 15) is 19.5 Å². The van der Waals surface area contributed by atoms with E-state index < -0.39 is 23.3 Å². The number of carbonyl (C=O) groups is 3. The summed E-state index contributed by atoms with van der Waals surface area (Å²) in [5, 5.41) is 12.2. The van der Waals surface area contributed by atoms with E-state index in [4.69, 9.17) is 10.5 Å². The van der Waals surface area contributed by atoms with Gasteiger partial charge in [-0.2, -0.15) is 0 Å². The molecule has 1 saturated carbocycles. The first-order chi connectivity index (χ1) is 14.4. The van der Waals surface area contributed by atoms with Crippen molar-refractivity contribution in [2.45, 2.75) is 24.9 Å². The molecule has 0 bridgehead atoms. The zero-order valence-corrected chi connectivity index (χ0v) is 16.3. The van der Waals surface area contributed by atoms with E-state index in [0.29, 0.717) is 29.9 Å². The van der Waals surface area contributed by atoms with Gasteiger partial charge in [0, 0.05) is 17.0 Å². The van der Waals surface area contributed by atoms with Crippen molar-refractivity contribution in [1.29, 1.82) is 0 Å². The summed E-state index contributed by atoms with van der Waals surface area (Å²) in [6.45, 7) is -0.335. The highest BCUT2D eigenvalue weighted by Gasteiger charge is 2.66. The topological polar surface area (TPSA) is 122 Å². The van der Waals surface area contributed by atoms with Crippen LogP contribution in [0.1, 0.15) is 23.2 Å². The summed E-state index contributed by atoms with van der Waals surface area (Å²) in [7, 11) is 0. The zero-order valence-electron chi connectivity index (χ0n) is 16.3. The maximum atomic E-state index is 12.7. The number of aliphatic hydroxyl groups excluding tert-OH is 1. The van der Waals surface area contributed by atoms with Crippen LogP contribution in [0.25, 0.3) is 0 Å². The molecule has 8 heteroatoms. The quantitative estimate of drug-likeness (QED) is 0.631. The minimum atomic E-state index is -0.741. The van der Waals surface area contributed by atoms with Gasteiger partial charge in [0.05, 0.1) is 13.2 Å². The Hall–Kier alpha value is -3.39. The molecule has 2 aliphatic rings. The highest BCUT2D eigenvalue weighted by Crippen LogP contribution is 2.59. The number of primary amides is 1. The third-order valence-electron chi connectivity index (χ3n) is 5.84. The molecule has 1 aliphatic carbocycles. The SMILES string of the molecule is NC(=O)C1CC2(CO)CC2N1C(=O)CNC(=O)c1ccc(Oc2ccccc2)cc1. The lowest BCUT2D eigenvalue weighted by Crippen LogP contribution is -2.49. The van der Waals surface area contributed by atoms with Crippen LogP contribution in [0.2, 0.25) is 0 Å². The lowest BCUT2D eigenvalue weighted by molar-refractivity contribution is -0.137. The van der Waals surface area contributed by atoms with Gasteiger partial charge < -0.3 is 25.8 Å². The Morgan fingerprint density at radius 1 is 1.07 bits per heavy atom. The molecule has 2 fully saturated rings. The predicted octanol–water partition coefficient (Wildman–Crippen LogP) is 1.05. The van der Waals surface area contributed by atoms with Gasteiger partial charge in [-0.05, 0) is 49.2 Å². The van der Waals surface area contributed by atoms with Crippen molar-refractivity contribution in [2.75, 3.05) is 13.2 Å². The maximum Gasteiger partial charge on any atom is 0.251 e. The fraction of sp³-hybridized carbons (Fsp3) is 0.318. The highest BCUT2D eigenvalue weighted by molar-refractivity contribution is 5.97. The summed E-state index contributed by atoms with van der Waals surface area (Å²) in [6.07, 6.45) is 1.02. The van der Waals surface area contributed by atoms with E-state index in [-0.39, 0.29) is 25.1 Å². The van der Waals surface area contributed by atoms with Gasteiger partial charge in [-0.15, -0.1) is 0 Å². The maximum absolute atomic E-state index is 12.7. The minimum Gasteiger partial charge on any atom is -0.457 e. The van der Waals surface area contributed by atoms with Crippen molar-refractivity contribution >= 4 is 17.7 Å². The van der Waals surface area contributed by atoms with E-state index in [2.05, 4.69) is 5.32 Å². The Morgan fingerprint density at radius 2 is 1.73 bits per heavy atom. The molecule has 2 aromatic rings. The first kappa shape index (κ1) is 19.9. The van der Waals surface area contributed by atoms with Crippen LogP contribution in [0.5, 0.6) is 11.5 Å². The lowest BCUT2D eigenvalue weighted by atomic mass is 10.0. The molecule has 1 heterocycles. The number of fused-ring (bicyclic) bond motifs is 1. The monoisotopic (exact) mass is 409 g/mol. The van der Waals surface area contributed by atoms with Crippen molar-refractivity contribution in [2.24, 2.45) is 11.1 Å². The fourth-order valence-electron chi connectivity index (χ4n) is 4.11. The van der Waals surface area contributed by atoms with E-state index in [1.54, 1.807) is 24.3 Å². The number of carbonyl (C=O) groups excluding carboxylic acids is 3. The zero-order chi connectivity index (χ0) is 21.3. The number of hydrogen-bond acceptors (Lipinski definition) is 5. The molecule has 0 aromatic heterocycles. The molecule has 3 atom stereocenters. The number of nitrogens with one attached hydrogen (secondary N) is 1. The van der Waals surface area contributed by atoms with Crippen LogP contribution >= 0.6 is 0 Å². The van der Waals surface area contributed by atoms with Crippen LogP contribution in [-0.2, 0) is 9.59 Å². The second-order valence-electron chi connectivity index (χ2n) is 7.79. The molecule has 1 saturated heterocycles. The van der Waals surface area contributed by atoms with Gasteiger partial charge >= 0.3 is 0 Å². The van der Waals surface area contributed by atoms with Gasteiger partial charge in [-0.1, -0.05) is 18.2 Å². The molecular weight excluding hydrogens is 386 g/mol. The highest BCUT2D eigenvalue weighted by atomic mass is 16.5. The second-order valence-corrected chi connectivity index (χ2v) is 7.79. The third-order valence-corrected chi connectivity index (χ3v) is 5.84. The minimum absolute atomic E-state index is 0.0883. The number of nitrogens with zero attached hydrogens (tertiary/aromatic N) is 1. The first-order valence-electron chi connectivity index (χ1n) is 9.76. The largest absolute Gasteiger partial charge is 0.457 e.